The minimum atomic E-state index is -0.256. The van der Waals surface area contributed by atoms with Crippen LogP contribution in [0.5, 0.6) is 0 Å². The van der Waals surface area contributed by atoms with Gasteiger partial charge in [-0.25, -0.2) is 4.98 Å². The molecule has 0 aliphatic heterocycles. The van der Waals surface area contributed by atoms with Gasteiger partial charge in [0.2, 0.25) is 5.91 Å². The van der Waals surface area contributed by atoms with Gasteiger partial charge in [0, 0.05) is 21.7 Å². The molecule has 3 aromatic rings. The van der Waals surface area contributed by atoms with Gasteiger partial charge in [-0.1, -0.05) is 24.3 Å². The number of carbonyl (C=O) groups is 1. The molecule has 5 nitrogen and oxygen atoms in total. The van der Waals surface area contributed by atoms with Crippen molar-refractivity contribution in [2.24, 2.45) is 0 Å². The molecule has 0 saturated heterocycles. The Bertz CT molecular complexity index is 959. The first-order chi connectivity index (χ1) is 13.5. The second-order valence-corrected chi connectivity index (χ2v) is 8.70. The number of thiazole rings is 1. The van der Waals surface area contributed by atoms with Crippen LogP contribution in [0.25, 0.3) is 0 Å². The van der Waals surface area contributed by atoms with Crippen molar-refractivity contribution in [2.45, 2.75) is 24.0 Å². The average molecular weight is 429 g/mol. The molecule has 1 amide bonds. The van der Waals surface area contributed by atoms with Crippen molar-refractivity contribution in [2.75, 3.05) is 16.0 Å². The number of para-hydroxylation sites is 1. The van der Waals surface area contributed by atoms with Gasteiger partial charge in [-0.15, -0.1) is 23.1 Å². The van der Waals surface area contributed by atoms with E-state index in [0.29, 0.717) is 10.2 Å². The topological polar surface area (TPSA) is 66.1 Å². The quantitative estimate of drug-likeness (QED) is 0.362. The smallest absolute Gasteiger partial charge is 0.239 e. The summed E-state index contributed by atoms with van der Waals surface area (Å²) in [7, 11) is 0. The van der Waals surface area contributed by atoms with E-state index < -0.39 is 0 Å². The van der Waals surface area contributed by atoms with Gasteiger partial charge >= 0.3 is 0 Å². The minimum absolute atomic E-state index is 0.0704. The summed E-state index contributed by atoms with van der Waals surface area (Å²) < 4.78 is 0. The Morgan fingerprint density at radius 3 is 2.50 bits per heavy atom. The zero-order valence-corrected chi connectivity index (χ0v) is 17.9. The van der Waals surface area contributed by atoms with Crippen LogP contribution < -0.4 is 16.0 Å². The summed E-state index contributed by atoms with van der Waals surface area (Å²) in [5.41, 5.74) is 2.69. The molecule has 8 heteroatoms. The first-order valence-electron chi connectivity index (χ1n) is 8.62. The number of nitrogens with one attached hydrogen (secondary N) is 3. The normalized spacial score (nSPS) is 11.5. The summed E-state index contributed by atoms with van der Waals surface area (Å²) in [4.78, 5) is 17.6. The predicted octanol–water partition coefficient (Wildman–Crippen LogP) is 5.38. The lowest BCUT2D eigenvalue weighted by Crippen LogP contribution is -2.22. The van der Waals surface area contributed by atoms with Crippen LogP contribution in [0.4, 0.5) is 16.5 Å². The summed E-state index contributed by atoms with van der Waals surface area (Å²) >= 11 is 8.28. The maximum atomic E-state index is 12.4. The zero-order valence-electron chi connectivity index (χ0n) is 15.4. The van der Waals surface area contributed by atoms with E-state index >= 15 is 0 Å². The Balaban J connectivity index is 1.56. The molecule has 28 heavy (non-hydrogen) atoms. The number of rotatable bonds is 6. The third-order valence-electron chi connectivity index (χ3n) is 3.65. The number of hydrogen-bond acceptors (Lipinski definition) is 5. The van der Waals surface area contributed by atoms with E-state index in [-0.39, 0.29) is 11.2 Å². The highest BCUT2D eigenvalue weighted by atomic mass is 32.2. The summed E-state index contributed by atoms with van der Waals surface area (Å²) in [6.45, 7) is 3.78. The van der Waals surface area contributed by atoms with E-state index in [9.17, 15) is 4.79 Å². The van der Waals surface area contributed by atoms with Crippen molar-refractivity contribution in [1.29, 1.82) is 0 Å². The molecule has 0 radical (unpaired) electrons. The predicted molar refractivity (Wildman–Crippen MR) is 124 cm³/mol. The number of anilines is 3. The van der Waals surface area contributed by atoms with Crippen LogP contribution in [0, 0.1) is 6.92 Å². The lowest BCUT2D eigenvalue weighted by molar-refractivity contribution is -0.115. The van der Waals surface area contributed by atoms with Crippen molar-refractivity contribution in [3.05, 3.63) is 65.7 Å². The SMILES string of the molecule is Cc1csc(NC(=O)C(C)Sc2cccc(NC(=S)Nc3ccccc3)c2)n1. The third kappa shape index (κ3) is 6.05. The van der Waals surface area contributed by atoms with Crippen molar-refractivity contribution < 1.29 is 4.79 Å². The Morgan fingerprint density at radius 1 is 1.07 bits per heavy atom. The summed E-state index contributed by atoms with van der Waals surface area (Å²) in [6, 6.07) is 17.6. The summed E-state index contributed by atoms with van der Waals surface area (Å²) in [6.07, 6.45) is 0. The van der Waals surface area contributed by atoms with E-state index in [0.717, 1.165) is 22.0 Å². The minimum Gasteiger partial charge on any atom is -0.332 e. The number of carbonyl (C=O) groups excluding carboxylic acids is 1. The first kappa shape index (κ1) is 20.3. The van der Waals surface area contributed by atoms with Gasteiger partial charge in [-0.3, -0.25) is 4.79 Å². The highest BCUT2D eigenvalue weighted by Gasteiger charge is 2.16. The fourth-order valence-electron chi connectivity index (χ4n) is 2.34. The molecule has 0 bridgehead atoms. The Hall–Kier alpha value is -2.42. The average Bonchev–Trinajstić information content (AvgIpc) is 3.07. The fraction of sp³-hybridized carbons (Fsp3) is 0.150. The van der Waals surface area contributed by atoms with Gasteiger partial charge in [0.15, 0.2) is 10.2 Å². The van der Waals surface area contributed by atoms with Gasteiger partial charge in [0.1, 0.15) is 0 Å². The maximum absolute atomic E-state index is 12.4. The lowest BCUT2D eigenvalue weighted by atomic mass is 10.3. The van der Waals surface area contributed by atoms with E-state index in [2.05, 4.69) is 20.9 Å². The molecule has 0 aliphatic rings. The standard InChI is InChI=1S/C20H20N4OS3/c1-13-12-27-20(21-13)24-18(25)14(2)28-17-10-6-9-16(11-17)23-19(26)22-15-7-4-3-5-8-15/h3-12,14H,1-2H3,(H,21,24,25)(H2,22,23,26). The van der Waals surface area contributed by atoms with E-state index in [1.165, 1.54) is 23.1 Å². The fourth-order valence-corrected chi connectivity index (χ4v) is 4.19. The molecule has 0 fully saturated rings. The largest absolute Gasteiger partial charge is 0.332 e. The monoisotopic (exact) mass is 428 g/mol. The van der Waals surface area contributed by atoms with Crippen LogP contribution in [0.1, 0.15) is 12.6 Å². The Kier molecular flexibility index (Phi) is 7.02. The second-order valence-electron chi connectivity index (χ2n) is 6.02. The number of amides is 1. The molecule has 0 aliphatic carbocycles. The molecular formula is C20H20N4OS3. The Morgan fingerprint density at radius 2 is 1.79 bits per heavy atom. The molecule has 3 rings (SSSR count). The highest BCUT2D eigenvalue weighted by molar-refractivity contribution is 8.00. The van der Waals surface area contributed by atoms with Crippen LogP contribution in [0.2, 0.25) is 0 Å². The molecule has 0 spiro atoms. The number of hydrogen-bond donors (Lipinski definition) is 3. The summed E-state index contributed by atoms with van der Waals surface area (Å²) in [5.74, 6) is -0.0704. The molecule has 1 unspecified atom stereocenters. The lowest BCUT2D eigenvalue weighted by Gasteiger charge is -2.13. The van der Waals surface area contributed by atoms with Crippen LogP contribution in [0.15, 0.2) is 64.9 Å². The number of aromatic nitrogens is 1. The third-order valence-corrected chi connectivity index (χ3v) is 5.83. The number of thioether (sulfide) groups is 1. The van der Waals surface area contributed by atoms with Crippen molar-refractivity contribution in [1.82, 2.24) is 4.98 Å². The van der Waals surface area contributed by atoms with E-state index in [1.54, 1.807) is 0 Å². The molecule has 2 aromatic carbocycles. The van der Waals surface area contributed by atoms with Crippen LogP contribution in [-0.4, -0.2) is 21.3 Å². The molecular weight excluding hydrogens is 408 g/mol. The molecule has 144 valence electrons. The molecule has 1 aromatic heterocycles. The maximum Gasteiger partial charge on any atom is 0.239 e. The molecule has 1 atom stereocenters. The second kappa shape index (κ2) is 9.68. The van der Waals surface area contributed by atoms with Crippen LogP contribution in [-0.2, 0) is 4.79 Å². The van der Waals surface area contributed by atoms with Gasteiger partial charge in [0.05, 0.1) is 10.9 Å². The van der Waals surface area contributed by atoms with E-state index in [4.69, 9.17) is 12.2 Å². The number of benzene rings is 2. The number of nitrogens with zero attached hydrogens (tertiary/aromatic N) is 1. The van der Waals surface area contributed by atoms with Crippen molar-refractivity contribution in [3.8, 4) is 0 Å². The van der Waals surface area contributed by atoms with Crippen LogP contribution in [0.3, 0.4) is 0 Å². The Labute approximate surface area is 178 Å². The number of thiocarbonyl (C=S) groups is 1. The van der Waals surface area contributed by atoms with Gasteiger partial charge in [-0.2, -0.15) is 0 Å². The highest BCUT2D eigenvalue weighted by Crippen LogP contribution is 2.27. The molecule has 3 N–H and O–H groups in total. The summed E-state index contributed by atoms with van der Waals surface area (Å²) in [5, 5.41) is 12.0. The van der Waals surface area contributed by atoms with E-state index in [1.807, 2.05) is 73.8 Å². The van der Waals surface area contributed by atoms with Crippen molar-refractivity contribution in [3.63, 3.8) is 0 Å². The van der Waals surface area contributed by atoms with Gasteiger partial charge < -0.3 is 16.0 Å². The number of aryl methyl sites for hydroxylation is 1. The van der Waals surface area contributed by atoms with Crippen molar-refractivity contribution >= 4 is 62.8 Å². The molecule has 0 saturated carbocycles. The van der Waals surface area contributed by atoms with Gasteiger partial charge in [0.25, 0.3) is 0 Å². The zero-order chi connectivity index (χ0) is 19.9. The van der Waals surface area contributed by atoms with Crippen LogP contribution >= 0.6 is 35.3 Å². The molecule has 1 heterocycles. The van der Waals surface area contributed by atoms with Gasteiger partial charge in [-0.05, 0) is 56.4 Å². The first-order valence-corrected chi connectivity index (χ1v) is 10.8.